The van der Waals surface area contributed by atoms with E-state index in [0.29, 0.717) is 0 Å². The molecule has 0 saturated carbocycles. The van der Waals surface area contributed by atoms with Crippen LogP contribution in [0.25, 0.3) is 0 Å². The van der Waals surface area contributed by atoms with Gasteiger partial charge in [-0.05, 0) is 86.3 Å². The molecule has 0 heterocycles. The summed E-state index contributed by atoms with van der Waals surface area (Å²) in [7, 11) is 0. The van der Waals surface area contributed by atoms with E-state index in [1.165, 1.54) is 3.57 Å². The van der Waals surface area contributed by atoms with Gasteiger partial charge in [-0.3, -0.25) is 0 Å². The Morgan fingerprint density at radius 1 is 1.23 bits per heavy atom. The van der Waals surface area contributed by atoms with Gasteiger partial charge in [0.1, 0.15) is 0 Å². The van der Waals surface area contributed by atoms with Gasteiger partial charge < -0.3 is 5.11 Å². The predicted molar refractivity (Wildman–Crippen MR) is 79.8 cm³/mol. The first kappa shape index (κ1) is 12.4. The summed E-state index contributed by atoms with van der Waals surface area (Å²) < 4.78 is 3.53. The monoisotopic (exact) mass is 514 g/mol. The van der Waals surface area contributed by atoms with Crippen LogP contribution in [0.3, 0.4) is 0 Å². The van der Waals surface area contributed by atoms with Crippen LogP contribution in [0.15, 0.2) is 12.1 Å². The Morgan fingerprint density at radius 3 is 2.08 bits per heavy atom. The fourth-order valence-electron chi connectivity index (χ4n) is 1.08. The smallest absolute Gasteiger partial charge is 0.0808 e. The summed E-state index contributed by atoms with van der Waals surface area (Å²) >= 11 is 6.85. The van der Waals surface area contributed by atoms with E-state index in [-0.39, 0.29) is 6.10 Å². The number of hydrogen-bond acceptors (Lipinski definition) is 1. The van der Waals surface area contributed by atoms with Gasteiger partial charge in [0.2, 0.25) is 0 Å². The molecule has 1 N–H and O–H groups in total. The molecule has 1 aromatic carbocycles. The Morgan fingerprint density at radius 2 is 1.69 bits per heavy atom. The van der Waals surface area contributed by atoms with Crippen molar-refractivity contribution >= 4 is 67.8 Å². The minimum absolute atomic E-state index is 0.323. The zero-order valence-corrected chi connectivity index (χ0v) is 13.5. The summed E-state index contributed by atoms with van der Waals surface area (Å²) in [6.45, 7) is 1.99. The summed E-state index contributed by atoms with van der Waals surface area (Å²) in [4.78, 5) is 0. The molecule has 1 nitrogen and oxygen atoms in total. The molecule has 0 aliphatic heterocycles. The average molecular weight is 514 g/mol. The van der Waals surface area contributed by atoms with Crippen LogP contribution in [-0.4, -0.2) is 5.11 Å². The van der Waals surface area contributed by atoms with Crippen LogP contribution in [-0.2, 0) is 0 Å². The van der Waals surface area contributed by atoms with Gasteiger partial charge in [-0.15, -0.1) is 0 Å². The van der Waals surface area contributed by atoms with E-state index in [4.69, 9.17) is 0 Å². The number of aliphatic hydroxyl groups excluding tert-OH is 1. The molecule has 1 atom stereocenters. The maximum absolute atomic E-state index is 9.77. The lowest BCUT2D eigenvalue weighted by Crippen LogP contribution is -2.02. The lowest BCUT2D eigenvalue weighted by molar-refractivity contribution is 0.172. The second-order valence-corrected chi connectivity index (χ2v) is 6.28. The van der Waals surface area contributed by atoms with Crippen LogP contribution in [0.4, 0.5) is 0 Å². The Kier molecular flexibility index (Phi) is 5.22. The molecule has 0 radical (unpaired) electrons. The van der Waals surface area contributed by atoms with Crippen molar-refractivity contribution in [3.63, 3.8) is 0 Å². The first-order valence-electron chi connectivity index (χ1n) is 3.88. The third-order valence-electron chi connectivity index (χ3n) is 1.76. The summed E-state index contributed by atoms with van der Waals surface area (Å²) in [5.74, 6) is 0. The number of aliphatic hydroxyl groups is 1. The fourth-order valence-corrected chi connectivity index (χ4v) is 5.38. The Balaban J connectivity index is 3.20. The molecule has 13 heavy (non-hydrogen) atoms. The first-order valence-corrected chi connectivity index (χ1v) is 7.12. The van der Waals surface area contributed by atoms with E-state index in [1.54, 1.807) is 0 Å². The van der Waals surface area contributed by atoms with E-state index in [0.717, 1.165) is 19.1 Å². The van der Waals surface area contributed by atoms with Gasteiger partial charge in [-0.2, -0.15) is 0 Å². The molecule has 1 aromatic rings. The minimum Gasteiger partial charge on any atom is -0.388 e. The molecule has 0 aliphatic rings. The lowest BCUT2D eigenvalue weighted by atomic mass is 10.1. The van der Waals surface area contributed by atoms with Gasteiger partial charge in [0.15, 0.2) is 0 Å². The molecule has 0 bridgehead atoms. The zero-order chi connectivity index (χ0) is 10.0. The van der Waals surface area contributed by atoms with Crippen molar-refractivity contribution in [2.45, 2.75) is 19.4 Å². The second-order valence-electron chi connectivity index (χ2n) is 2.71. The predicted octanol–water partition coefficient (Wildman–Crippen LogP) is 3.94. The number of rotatable bonds is 2. The molecule has 0 spiro atoms. The van der Waals surface area contributed by atoms with Crippen molar-refractivity contribution in [2.75, 3.05) is 0 Å². The normalized spacial score (nSPS) is 13.0. The lowest BCUT2D eigenvalue weighted by Gasteiger charge is -2.13. The summed E-state index contributed by atoms with van der Waals surface area (Å²) in [5.41, 5.74) is 1.07. The highest BCUT2D eigenvalue weighted by atomic mass is 127. The molecule has 0 fully saturated rings. The second kappa shape index (κ2) is 5.45. The highest BCUT2D eigenvalue weighted by molar-refractivity contribution is 14.1. The summed E-state index contributed by atoms with van der Waals surface area (Å²) in [5, 5.41) is 9.77. The van der Waals surface area contributed by atoms with Gasteiger partial charge in [0, 0.05) is 16.3 Å². The third-order valence-corrected chi connectivity index (χ3v) is 4.17. The third kappa shape index (κ3) is 3.16. The van der Waals surface area contributed by atoms with Crippen LogP contribution in [0.5, 0.6) is 0 Å². The molecular weight excluding hydrogens is 505 g/mol. The Bertz CT molecular complexity index is 289. The van der Waals surface area contributed by atoms with Crippen molar-refractivity contribution in [1.82, 2.24) is 0 Å². The SMILES string of the molecule is CCC(O)c1c(I)cc(I)cc1I. The summed E-state index contributed by atoms with van der Waals surface area (Å²) in [6.07, 6.45) is 0.447. The van der Waals surface area contributed by atoms with Gasteiger partial charge in [0.05, 0.1) is 6.10 Å². The molecule has 0 aromatic heterocycles. The maximum Gasteiger partial charge on any atom is 0.0808 e. The first-order chi connectivity index (χ1) is 6.06. The van der Waals surface area contributed by atoms with Crippen LogP contribution in [0.1, 0.15) is 25.0 Å². The van der Waals surface area contributed by atoms with Crippen LogP contribution >= 0.6 is 67.8 Å². The Hall–Kier alpha value is 1.37. The van der Waals surface area contributed by atoms with E-state index in [9.17, 15) is 5.11 Å². The minimum atomic E-state index is -0.323. The quantitative estimate of drug-likeness (QED) is 0.594. The van der Waals surface area contributed by atoms with Crippen LogP contribution in [0.2, 0.25) is 0 Å². The Labute approximate surface area is 119 Å². The van der Waals surface area contributed by atoms with Crippen LogP contribution < -0.4 is 0 Å². The van der Waals surface area contributed by atoms with Gasteiger partial charge in [-0.1, -0.05) is 6.92 Å². The highest BCUT2D eigenvalue weighted by Gasteiger charge is 2.13. The molecule has 1 rings (SSSR count). The van der Waals surface area contributed by atoms with E-state index >= 15 is 0 Å². The van der Waals surface area contributed by atoms with Crippen molar-refractivity contribution in [2.24, 2.45) is 0 Å². The highest BCUT2D eigenvalue weighted by Crippen LogP contribution is 2.29. The summed E-state index contributed by atoms with van der Waals surface area (Å²) in [6, 6.07) is 4.19. The number of halogens is 3. The van der Waals surface area contributed by atoms with Crippen molar-refractivity contribution in [3.05, 3.63) is 28.4 Å². The molecule has 0 aliphatic carbocycles. The molecular formula is C9H9I3O. The van der Waals surface area contributed by atoms with Gasteiger partial charge in [-0.25, -0.2) is 0 Å². The molecule has 0 amide bonds. The van der Waals surface area contributed by atoms with Crippen LogP contribution in [0, 0.1) is 10.7 Å². The largest absolute Gasteiger partial charge is 0.388 e. The van der Waals surface area contributed by atoms with Crippen molar-refractivity contribution < 1.29 is 5.11 Å². The van der Waals surface area contributed by atoms with E-state index in [2.05, 4.69) is 79.9 Å². The topological polar surface area (TPSA) is 20.2 Å². The maximum atomic E-state index is 9.77. The van der Waals surface area contributed by atoms with Gasteiger partial charge >= 0.3 is 0 Å². The average Bonchev–Trinajstić information content (AvgIpc) is 2.02. The molecule has 1 unspecified atom stereocenters. The van der Waals surface area contributed by atoms with E-state index < -0.39 is 0 Å². The number of benzene rings is 1. The standard InChI is InChI=1S/C9H9I3O/c1-2-8(13)9-6(11)3-5(10)4-7(9)12/h3-4,8,13H,2H2,1H3. The zero-order valence-electron chi connectivity index (χ0n) is 7.02. The molecule has 0 saturated heterocycles. The van der Waals surface area contributed by atoms with Crippen molar-refractivity contribution in [1.29, 1.82) is 0 Å². The molecule has 4 heteroatoms. The van der Waals surface area contributed by atoms with E-state index in [1.807, 2.05) is 6.92 Å². The number of hydrogen-bond donors (Lipinski definition) is 1. The molecule has 72 valence electrons. The van der Waals surface area contributed by atoms with Crippen molar-refractivity contribution in [3.8, 4) is 0 Å². The van der Waals surface area contributed by atoms with Gasteiger partial charge in [0.25, 0.3) is 0 Å². The fraction of sp³-hybridized carbons (Fsp3) is 0.333.